The Morgan fingerprint density at radius 1 is 0.567 bits per heavy atom. The number of anilines is 6. The summed E-state index contributed by atoms with van der Waals surface area (Å²) in [7, 11) is 4.03. The molecule has 2 aliphatic rings. The molecule has 2 aromatic heterocycles. The summed E-state index contributed by atoms with van der Waals surface area (Å²) in [5.74, 6) is 3.23. The first kappa shape index (κ1) is 49.3. The topological polar surface area (TPSA) is 112 Å². The molecule has 0 radical (unpaired) electrons. The van der Waals surface area contributed by atoms with Gasteiger partial charge in [-0.2, -0.15) is 74.0 Å². The predicted octanol–water partition coefficient (Wildman–Crippen LogP) is 13.3. The molecule has 0 bridgehead atoms. The molecule has 342 valence electrons. The van der Waals surface area contributed by atoms with Crippen molar-refractivity contribution < 1.29 is 51.6 Å². The second-order valence-corrected chi connectivity index (χ2v) is 14.3. The molecule has 0 saturated carbocycles. The van der Waals surface area contributed by atoms with Crippen molar-refractivity contribution in [3.63, 3.8) is 0 Å². The first-order chi connectivity index (χ1) is 32.1. The van der Waals surface area contributed by atoms with Gasteiger partial charge in [-0.3, -0.25) is 0 Å². The summed E-state index contributed by atoms with van der Waals surface area (Å²) >= 11 is 0. The number of ether oxygens (including phenoxy) is 2. The maximum Gasteiger partial charge on any atom is 4.00 e. The molecular formula is C53H45N10O2Pt2-3. The summed E-state index contributed by atoms with van der Waals surface area (Å²) in [6.45, 7) is 4.46. The van der Waals surface area contributed by atoms with Crippen LogP contribution in [0.4, 0.5) is 57.1 Å². The average Bonchev–Trinajstić information content (AvgIpc) is 3.89. The van der Waals surface area contributed by atoms with Crippen LogP contribution < -0.4 is 29.1 Å². The van der Waals surface area contributed by atoms with Crippen LogP contribution in [-0.4, -0.2) is 43.9 Å². The van der Waals surface area contributed by atoms with E-state index in [1.165, 1.54) is 6.34 Å². The van der Waals surface area contributed by atoms with E-state index in [1.807, 2.05) is 219 Å². The van der Waals surface area contributed by atoms with Crippen LogP contribution in [0.15, 0.2) is 199 Å². The molecule has 14 heteroatoms. The van der Waals surface area contributed by atoms with Crippen LogP contribution in [0.1, 0.15) is 0 Å². The quantitative estimate of drug-likeness (QED) is 0.0486. The number of aromatic nitrogens is 2. The summed E-state index contributed by atoms with van der Waals surface area (Å²) in [5.41, 5.74) is 7.53. The summed E-state index contributed by atoms with van der Waals surface area (Å²) in [5, 5.41) is 13.2. The van der Waals surface area contributed by atoms with E-state index in [0.29, 0.717) is 18.2 Å². The normalized spacial score (nSPS) is 11.9. The van der Waals surface area contributed by atoms with E-state index in [2.05, 4.69) is 65.0 Å². The summed E-state index contributed by atoms with van der Waals surface area (Å²) in [6, 6.07) is 64.6. The van der Waals surface area contributed by atoms with Gasteiger partial charge in [-0.05, 0) is 74.0 Å². The van der Waals surface area contributed by atoms with E-state index in [9.17, 15) is 0 Å². The summed E-state index contributed by atoms with van der Waals surface area (Å²) in [4.78, 5) is 21.3. The molecule has 12 nitrogen and oxygen atoms in total. The smallest absolute Gasteiger partial charge is 0.699 e. The van der Waals surface area contributed by atoms with E-state index < -0.39 is 0 Å². The molecule has 0 atom stereocenters. The van der Waals surface area contributed by atoms with Crippen molar-refractivity contribution in [1.29, 1.82) is 0 Å². The van der Waals surface area contributed by atoms with Crippen molar-refractivity contribution in [2.45, 2.75) is 0 Å². The van der Waals surface area contributed by atoms with Crippen LogP contribution in [0.3, 0.4) is 0 Å². The summed E-state index contributed by atoms with van der Waals surface area (Å²) in [6.07, 6.45) is 5.15. The molecule has 0 saturated heterocycles. The van der Waals surface area contributed by atoms with Gasteiger partial charge in [0.05, 0.1) is 0 Å². The Labute approximate surface area is 421 Å². The minimum Gasteiger partial charge on any atom is -0.699 e. The van der Waals surface area contributed by atoms with Crippen molar-refractivity contribution in [3.05, 3.63) is 236 Å². The zero-order valence-corrected chi connectivity index (χ0v) is 41.1. The standard InChI is InChI=1S/C27H23N4O2.2C13H11N3.2Pt/c1-3-9-22(10-4-1)28-19-30-24-13-7-15-26(17-24)32-21-33-27-16-8-14-25(18-27)31-20-29-23-11-5-2-6-12-23;2*1-15-10-16(11-6-3-2-4-7-11)13-12(15)8-5-9-14-13;;/h1-19H,20-21H2;2*2-6,8-10H,1H3;;/q-3;2*-2;;+4. The number of hydrogen-bond donors (Lipinski definition) is 0. The van der Waals surface area contributed by atoms with Gasteiger partial charge < -0.3 is 50.0 Å². The van der Waals surface area contributed by atoms with Crippen molar-refractivity contribution in [3.8, 4) is 11.5 Å². The van der Waals surface area contributed by atoms with E-state index in [4.69, 9.17) is 9.47 Å². The fourth-order valence-electron chi connectivity index (χ4n) is 6.60. The van der Waals surface area contributed by atoms with Gasteiger partial charge in [-0.15, -0.1) is 22.7 Å². The maximum absolute atomic E-state index is 5.72. The van der Waals surface area contributed by atoms with Crippen LogP contribution in [0.25, 0.3) is 16.0 Å². The second-order valence-electron chi connectivity index (χ2n) is 14.3. The third kappa shape index (κ3) is 13.9. The van der Waals surface area contributed by atoms with Crippen molar-refractivity contribution in [1.82, 2.24) is 9.97 Å². The van der Waals surface area contributed by atoms with E-state index >= 15 is 0 Å². The molecule has 2 aliphatic heterocycles. The Morgan fingerprint density at radius 2 is 1.07 bits per heavy atom. The first-order valence-corrected chi connectivity index (χ1v) is 20.8. The molecular weight excluding hydrogens is 1200 g/mol. The van der Waals surface area contributed by atoms with Gasteiger partial charge in [0.25, 0.3) is 0 Å². The number of benzene rings is 6. The molecule has 0 aliphatic carbocycles. The molecule has 6 aromatic carbocycles. The first-order valence-electron chi connectivity index (χ1n) is 20.8. The van der Waals surface area contributed by atoms with Gasteiger partial charge in [-0.25, -0.2) is 16.6 Å². The molecule has 8 aromatic rings. The Bertz CT molecular complexity index is 2630. The van der Waals surface area contributed by atoms with Gasteiger partial charge in [0, 0.05) is 44.8 Å². The minimum atomic E-state index is 0. The zero-order chi connectivity index (χ0) is 44.5. The number of pyridine rings is 2. The molecule has 0 spiro atoms. The molecule has 67 heavy (non-hydrogen) atoms. The van der Waals surface area contributed by atoms with Crippen LogP contribution >= 0.6 is 0 Å². The van der Waals surface area contributed by atoms with Gasteiger partial charge in [-0.1, -0.05) is 91.3 Å². The van der Waals surface area contributed by atoms with Crippen LogP contribution in [0.2, 0.25) is 0 Å². The van der Waals surface area contributed by atoms with Gasteiger partial charge >= 0.3 is 21.1 Å². The van der Waals surface area contributed by atoms with Crippen LogP contribution in [-0.2, 0) is 42.1 Å². The van der Waals surface area contributed by atoms with Crippen LogP contribution in [0.5, 0.6) is 11.5 Å². The number of nitrogens with zero attached hydrogens (tertiary/aromatic N) is 10. The monoisotopic (exact) mass is 1240 g/mol. The molecule has 0 N–H and O–H groups in total. The van der Waals surface area contributed by atoms with E-state index in [-0.39, 0.29) is 48.9 Å². The average molecular weight is 1240 g/mol. The number of fused-ring (bicyclic) bond motifs is 2. The fourth-order valence-corrected chi connectivity index (χ4v) is 6.60. The SMILES string of the molecule is C(=Nc1cccc(OCOc2cccc([N-]C[N-]c3ccccc3)c2)c1)[N-]c1ccccc1.CN1[CH-]N(c2[c-]cccc2)c2ncccc21.CN1[CH-]N(c2[c-]cccc2)c2ncccc21.[Pt+4].[Pt]. The predicted molar refractivity (Wildman–Crippen MR) is 263 cm³/mol. The number of aliphatic imine (C=N–C) groups is 1. The Morgan fingerprint density at radius 3 is 1.64 bits per heavy atom. The third-order valence-corrected chi connectivity index (χ3v) is 9.75. The molecule has 0 unspecified atom stereocenters. The Hall–Kier alpha value is -7.13. The largest absolute Gasteiger partial charge is 4.00 e. The molecule has 0 fully saturated rings. The van der Waals surface area contributed by atoms with Gasteiger partial charge in [0.1, 0.15) is 23.1 Å². The Balaban J connectivity index is 0.000000182. The number of para-hydroxylation sites is 4. The van der Waals surface area contributed by atoms with Gasteiger partial charge in [0.15, 0.2) is 0 Å². The zero-order valence-electron chi connectivity index (χ0n) is 36.5. The number of hydrogen-bond acceptors (Lipinski definition) is 9. The minimum absolute atomic E-state index is 0. The molecule has 0 amide bonds. The van der Waals surface area contributed by atoms with Crippen LogP contribution in [0, 0.1) is 25.5 Å². The molecule has 4 heterocycles. The van der Waals surface area contributed by atoms with E-state index in [1.54, 1.807) is 0 Å². The van der Waals surface area contributed by atoms with Crippen molar-refractivity contribution >= 4 is 63.5 Å². The third-order valence-electron chi connectivity index (χ3n) is 9.75. The van der Waals surface area contributed by atoms with Gasteiger partial charge in [0.2, 0.25) is 6.79 Å². The second kappa shape index (κ2) is 25.5. The van der Waals surface area contributed by atoms with Crippen molar-refractivity contribution in [2.75, 3.05) is 47.2 Å². The Kier molecular flexibility index (Phi) is 18.8. The van der Waals surface area contributed by atoms with Crippen molar-refractivity contribution in [2.24, 2.45) is 4.99 Å². The summed E-state index contributed by atoms with van der Waals surface area (Å²) < 4.78 is 11.4. The van der Waals surface area contributed by atoms with E-state index in [0.717, 1.165) is 57.1 Å². The molecule has 10 rings (SSSR count). The maximum atomic E-state index is 5.72. The fraction of sp³-hybridized carbons (Fsp3) is 0.0755. The number of rotatable bonds is 13.